The molecule has 2 aromatic rings. The number of halogens is 1. The highest BCUT2D eigenvalue weighted by Crippen LogP contribution is 2.29. The number of hydrogen-bond donors (Lipinski definition) is 1. The van der Waals surface area contributed by atoms with Crippen LogP contribution in [0.25, 0.3) is 0 Å². The van der Waals surface area contributed by atoms with Gasteiger partial charge in [-0.1, -0.05) is 38.1 Å². The first-order chi connectivity index (χ1) is 10.4. The number of sulfone groups is 1. The Labute approximate surface area is 130 Å². The van der Waals surface area contributed by atoms with Crippen LogP contribution in [0, 0.1) is 5.82 Å². The van der Waals surface area contributed by atoms with E-state index < -0.39 is 20.9 Å². The third-order valence-electron chi connectivity index (χ3n) is 3.75. The average molecular weight is 322 g/mol. The Balaban J connectivity index is 2.40. The second kappa shape index (κ2) is 6.58. The molecular weight excluding hydrogens is 301 g/mol. The van der Waals surface area contributed by atoms with E-state index in [1.807, 2.05) is 24.3 Å². The lowest BCUT2D eigenvalue weighted by atomic mass is 10.0. The van der Waals surface area contributed by atoms with Crippen LogP contribution in [0.3, 0.4) is 0 Å². The highest BCUT2D eigenvalue weighted by atomic mass is 32.2. The van der Waals surface area contributed by atoms with Gasteiger partial charge in [-0.2, -0.15) is 0 Å². The van der Waals surface area contributed by atoms with E-state index in [0.29, 0.717) is 11.5 Å². The molecule has 0 saturated heterocycles. The minimum Gasteiger partial charge on any atom is -0.356 e. The van der Waals surface area contributed by atoms with E-state index in [4.69, 9.17) is 0 Å². The van der Waals surface area contributed by atoms with Crippen LogP contribution in [0.2, 0.25) is 0 Å². The van der Waals surface area contributed by atoms with Gasteiger partial charge in [0.05, 0.1) is 11.4 Å². The van der Waals surface area contributed by atoms with Gasteiger partial charge in [0.15, 0.2) is 9.84 Å². The van der Waals surface area contributed by atoms with Crippen LogP contribution >= 0.6 is 0 Å². The number of quaternary nitrogens is 1. The van der Waals surface area contributed by atoms with Crippen LogP contribution in [0.4, 0.5) is 4.39 Å². The zero-order valence-electron chi connectivity index (χ0n) is 12.8. The lowest BCUT2D eigenvalue weighted by Crippen LogP contribution is -2.54. The highest BCUT2D eigenvalue weighted by Gasteiger charge is 2.29. The molecule has 0 unspecified atom stereocenters. The summed E-state index contributed by atoms with van der Waals surface area (Å²) < 4.78 is 38.5. The molecule has 2 aromatic carbocycles. The molecule has 0 bridgehead atoms. The molecule has 0 fully saturated rings. The predicted octanol–water partition coefficient (Wildman–Crippen LogP) is 2.71. The van der Waals surface area contributed by atoms with E-state index in [9.17, 15) is 12.8 Å². The molecular formula is C17H21FNO2S+. The molecule has 0 saturated carbocycles. The first kappa shape index (κ1) is 16.6. The molecule has 22 heavy (non-hydrogen) atoms. The molecule has 0 heterocycles. The fourth-order valence-electron chi connectivity index (χ4n) is 2.39. The number of hydrogen-bond acceptors (Lipinski definition) is 2. The summed E-state index contributed by atoms with van der Waals surface area (Å²) >= 11 is 0. The van der Waals surface area contributed by atoms with Crippen molar-refractivity contribution in [2.75, 3.05) is 6.54 Å². The van der Waals surface area contributed by atoms with Gasteiger partial charge in [-0.15, -0.1) is 0 Å². The summed E-state index contributed by atoms with van der Waals surface area (Å²) in [5.41, 5.74) is 5.65. The molecule has 0 amide bonds. The largest absolute Gasteiger partial charge is 0.356 e. The summed E-state index contributed by atoms with van der Waals surface area (Å²) in [4.78, 5) is 0.121. The standard InChI is InChI=1S/C17H20FNO2S/c1-12(2)13-3-5-14(6-4-13)17(11-19)22(20,21)16-9-7-15(18)8-10-16/h3-10,12,17H,11,19H2,1-2H3/p+1/t17-/m1/s1. The van der Waals surface area contributed by atoms with Crippen LogP contribution in [0.15, 0.2) is 53.4 Å². The molecule has 2 rings (SSSR count). The van der Waals surface area contributed by atoms with Gasteiger partial charge in [-0.05, 0) is 41.3 Å². The number of rotatable bonds is 5. The van der Waals surface area contributed by atoms with E-state index >= 15 is 0 Å². The number of benzene rings is 2. The molecule has 0 radical (unpaired) electrons. The summed E-state index contributed by atoms with van der Waals surface area (Å²) in [6.07, 6.45) is 0. The van der Waals surface area contributed by atoms with Crippen LogP contribution in [-0.4, -0.2) is 15.0 Å². The van der Waals surface area contributed by atoms with Crippen LogP contribution < -0.4 is 5.73 Å². The highest BCUT2D eigenvalue weighted by molar-refractivity contribution is 7.91. The van der Waals surface area contributed by atoms with E-state index in [0.717, 1.165) is 17.7 Å². The molecule has 3 nitrogen and oxygen atoms in total. The maximum atomic E-state index is 13.0. The van der Waals surface area contributed by atoms with Crippen molar-refractivity contribution in [1.82, 2.24) is 0 Å². The quantitative estimate of drug-likeness (QED) is 0.860. The monoisotopic (exact) mass is 322 g/mol. The van der Waals surface area contributed by atoms with E-state index in [1.165, 1.54) is 12.1 Å². The van der Waals surface area contributed by atoms with E-state index in [1.54, 1.807) is 0 Å². The predicted molar refractivity (Wildman–Crippen MR) is 84.6 cm³/mol. The van der Waals surface area contributed by atoms with Gasteiger partial charge < -0.3 is 5.73 Å². The van der Waals surface area contributed by atoms with Crippen LogP contribution in [0.5, 0.6) is 0 Å². The summed E-state index contributed by atoms with van der Waals surface area (Å²) in [5.74, 6) is -0.0626. The van der Waals surface area contributed by atoms with Gasteiger partial charge in [-0.25, -0.2) is 12.8 Å². The Bertz CT molecular complexity index is 722. The minimum absolute atomic E-state index is 0.121. The summed E-state index contributed by atoms with van der Waals surface area (Å²) in [5, 5.41) is -0.723. The Morgan fingerprint density at radius 1 is 0.955 bits per heavy atom. The van der Waals surface area contributed by atoms with E-state index in [-0.39, 0.29) is 11.4 Å². The van der Waals surface area contributed by atoms with Crippen molar-refractivity contribution in [3.8, 4) is 0 Å². The molecule has 0 aliphatic rings. The van der Waals surface area contributed by atoms with Crippen molar-refractivity contribution in [3.63, 3.8) is 0 Å². The van der Waals surface area contributed by atoms with Crippen molar-refractivity contribution in [2.45, 2.75) is 29.9 Å². The second-order valence-corrected chi connectivity index (χ2v) is 7.73. The molecule has 0 aliphatic heterocycles. The summed E-state index contributed by atoms with van der Waals surface area (Å²) in [7, 11) is -3.58. The minimum atomic E-state index is -3.58. The summed E-state index contributed by atoms with van der Waals surface area (Å²) in [6.45, 7) is 4.40. The smallest absolute Gasteiger partial charge is 0.190 e. The Hall–Kier alpha value is -1.72. The second-order valence-electron chi connectivity index (χ2n) is 5.60. The summed E-state index contributed by atoms with van der Waals surface area (Å²) in [6, 6.07) is 12.5. The lowest BCUT2D eigenvalue weighted by Gasteiger charge is -2.16. The maximum absolute atomic E-state index is 13.0. The SMILES string of the molecule is CC(C)c1ccc([C@@H](C[NH3+])S(=O)(=O)c2ccc(F)cc2)cc1. The van der Waals surface area contributed by atoms with Gasteiger partial charge in [0.1, 0.15) is 11.1 Å². The molecule has 118 valence electrons. The molecule has 0 aliphatic carbocycles. The first-order valence-electron chi connectivity index (χ1n) is 7.25. The molecule has 0 aromatic heterocycles. The third kappa shape index (κ3) is 3.36. The topological polar surface area (TPSA) is 61.8 Å². The van der Waals surface area contributed by atoms with Gasteiger partial charge >= 0.3 is 0 Å². The van der Waals surface area contributed by atoms with Crippen molar-refractivity contribution < 1.29 is 18.5 Å². The van der Waals surface area contributed by atoms with Gasteiger partial charge in [0.25, 0.3) is 0 Å². The van der Waals surface area contributed by atoms with E-state index in [2.05, 4.69) is 19.6 Å². The fraction of sp³-hybridized carbons (Fsp3) is 0.294. The Morgan fingerprint density at radius 2 is 1.45 bits per heavy atom. The van der Waals surface area contributed by atoms with Crippen molar-refractivity contribution in [1.29, 1.82) is 0 Å². The molecule has 5 heteroatoms. The third-order valence-corrected chi connectivity index (χ3v) is 5.94. The average Bonchev–Trinajstić information content (AvgIpc) is 2.48. The van der Waals surface area contributed by atoms with Gasteiger partial charge in [0, 0.05) is 0 Å². The molecule has 1 atom stereocenters. The Morgan fingerprint density at radius 3 is 1.91 bits per heavy atom. The lowest BCUT2D eigenvalue weighted by molar-refractivity contribution is -0.367. The molecule has 3 N–H and O–H groups in total. The van der Waals surface area contributed by atoms with Crippen LogP contribution in [-0.2, 0) is 9.84 Å². The van der Waals surface area contributed by atoms with Crippen molar-refractivity contribution >= 4 is 9.84 Å². The van der Waals surface area contributed by atoms with Crippen molar-refractivity contribution in [2.24, 2.45) is 0 Å². The normalized spacial score (nSPS) is 13.3. The first-order valence-corrected chi connectivity index (χ1v) is 8.79. The van der Waals surface area contributed by atoms with Crippen molar-refractivity contribution in [3.05, 3.63) is 65.5 Å². The maximum Gasteiger partial charge on any atom is 0.190 e. The zero-order chi connectivity index (χ0) is 16.3. The van der Waals surface area contributed by atoms with Gasteiger partial charge in [0.2, 0.25) is 0 Å². The fourth-order valence-corrected chi connectivity index (χ4v) is 4.05. The molecule has 0 spiro atoms. The Kier molecular flexibility index (Phi) is 4.98. The van der Waals surface area contributed by atoms with Crippen LogP contribution in [0.1, 0.15) is 36.1 Å². The van der Waals surface area contributed by atoms with Gasteiger partial charge in [-0.3, -0.25) is 0 Å². The zero-order valence-corrected chi connectivity index (χ0v) is 13.6.